The number of ketones is 1. The highest BCUT2D eigenvalue weighted by atomic mass is 32.2. The van der Waals surface area contributed by atoms with E-state index in [0.29, 0.717) is 35.3 Å². The Hall–Kier alpha value is -2.94. The molecule has 1 aromatic carbocycles. The number of H-pyrrole nitrogens is 1. The highest BCUT2D eigenvalue weighted by molar-refractivity contribution is 7.92. The Bertz CT molecular complexity index is 1150. The number of hydrogen-bond donors (Lipinski definition) is 3. The molecule has 1 aliphatic carbocycles. The van der Waals surface area contributed by atoms with Crippen LogP contribution in [0.15, 0.2) is 35.1 Å². The molecule has 8 nitrogen and oxygen atoms in total. The lowest BCUT2D eigenvalue weighted by Crippen LogP contribution is -2.34. The third-order valence-corrected chi connectivity index (χ3v) is 5.31. The van der Waals surface area contributed by atoms with Gasteiger partial charge in [-0.05, 0) is 29.5 Å². The molecule has 0 atom stereocenters. The van der Waals surface area contributed by atoms with E-state index in [1.807, 2.05) is 13.8 Å². The Labute approximate surface area is 168 Å². The van der Waals surface area contributed by atoms with Gasteiger partial charge in [0.2, 0.25) is 10.0 Å². The third kappa shape index (κ3) is 4.92. The molecule has 0 spiro atoms. The molecule has 0 saturated carbocycles. The number of carbonyl (C=O) groups is 2. The topological polar surface area (TPSA) is 125 Å². The van der Waals surface area contributed by atoms with Crippen LogP contribution >= 0.6 is 0 Å². The number of rotatable bonds is 5. The standard InChI is InChI=1S/C20H23N3O5S/c1-20(2)9-16-13(17(24)10-20)8-14(19(26)22-16)18(25)21-11-12-6-4-5-7-15(12)23-29(3,27)28/h4-8,23H,9-11H2,1-3H3,(H,21,25)(H,22,26). The minimum absolute atomic E-state index is 0.00896. The second-order valence-electron chi connectivity index (χ2n) is 8.06. The first-order valence-corrected chi connectivity index (χ1v) is 11.0. The molecule has 0 bridgehead atoms. The molecule has 0 saturated heterocycles. The number of anilines is 1. The van der Waals surface area contributed by atoms with Crippen molar-refractivity contribution < 1.29 is 18.0 Å². The SMILES string of the molecule is CC1(C)CC(=O)c2cc(C(=O)NCc3ccccc3NS(C)(=O)=O)c(=O)[nH]c2C1. The molecule has 29 heavy (non-hydrogen) atoms. The lowest BCUT2D eigenvalue weighted by molar-refractivity contribution is 0.0910. The fourth-order valence-electron chi connectivity index (χ4n) is 3.44. The molecule has 1 aliphatic rings. The number of sulfonamides is 1. The maximum absolute atomic E-state index is 12.6. The normalized spacial score (nSPS) is 15.5. The first-order valence-electron chi connectivity index (χ1n) is 9.08. The number of para-hydroxylation sites is 1. The summed E-state index contributed by atoms with van der Waals surface area (Å²) in [6, 6.07) is 7.97. The summed E-state index contributed by atoms with van der Waals surface area (Å²) >= 11 is 0. The lowest BCUT2D eigenvalue weighted by atomic mass is 9.75. The van der Waals surface area contributed by atoms with Crippen molar-refractivity contribution in [3.8, 4) is 0 Å². The van der Waals surface area contributed by atoms with Gasteiger partial charge < -0.3 is 10.3 Å². The van der Waals surface area contributed by atoms with Gasteiger partial charge in [0.15, 0.2) is 5.78 Å². The van der Waals surface area contributed by atoms with Crippen LogP contribution in [0.2, 0.25) is 0 Å². The smallest absolute Gasteiger partial charge is 0.261 e. The highest BCUT2D eigenvalue weighted by Crippen LogP contribution is 2.33. The van der Waals surface area contributed by atoms with Gasteiger partial charge >= 0.3 is 0 Å². The van der Waals surface area contributed by atoms with Crippen LogP contribution in [0.25, 0.3) is 0 Å². The largest absolute Gasteiger partial charge is 0.348 e. The molecule has 1 aromatic heterocycles. The number of fused-ring (bicyclic) bond motifs is 1. The number of carbonyl (C=O) groups excluding carboxylic acids is 2. The molecular formula is C20H23N3O5S. The van der Waals surface area contributed by atoms with E-state index in [0.717, 1.165) is 6.26 Å². The van der Waals surface area contributed by atoms with Gasteiger partial charge in [0.25, 0.3) is 11.5 Å². The molecule has 9 heteroatoms. The van der Waals surface area contributed by atoms with E-state index in [2.05, 4.69) is 15.0 Å². The lowest BCUT2D eigenvalue weighted by Gasteiger charge is -2.29. The van der Waals surface area contributed by atoms with Crippen molar-refractivity contribution in [2.24, 2.45) is 5.41 Å². The molecule has 1 amide bonds. The summed E-state index contributed by atoms with van der Waals surface area (Å²) in [5.41, 5.74) is 0.849. The molecule has 0 unspecified atom stereocenters. The first kappa shape index (κ1) is 20.8. The van der Waals surface area contributed by atoms with Gasteiger partial charge in [-0.1, -0.05) is 32.0 Å². The van der Waals surface area contributed by atoms with Gasteiger partial charge in [0.05, 0.1) is 11.9 Å². The Kier molecular flexibility index (Phi) is 5.36. The van der Waals surface area contributed by atoms with Gasteiger partial charge in [-0.15, -0.1) is 0 Å². The molecule has 3 rings (SSSR count). The van der Waals surface area contributed by atoms with Crippen LogP contribution in [-0.2, 0) is 23.0 Å². The number of nitrogens with one attached hydrogen (secondary N) is 3. The summed E-state index contributed by atoms with van der Waals surface area (Å²) < 4.78 is 25.4. The fraction of sp³-hybridized carbons (Fsp3) is 0.350. The van der Waals surface area contributed by atoms with Crippen molar-refractivity contribution in [2.75, 3.05) is 11.0 Å². The fourth-order valence-corrected chi connectivity index (χ4v) is 4.04. The van der Waals surface area contributed by atoms with Crippen molar-refractivity contribution in [1.29, 1.82) is 0 Å². The van der Waals surface area contributed by atoms with Crippen LogP contribution in [0.5, 0.6) is 0 Å². The average molecular weight is 417 g/mol. The van der Waals surface area contributed by atoms with Gasteiger partial charge in [0, 0.05) is 24.2 Å². The summed E-state index contributed by atoms with van der Waals surface area (Å²) in [7, 11) is -3.48. The summed E-state index contributed by atoms with van der Waals surface area (Å²) in [4.78, 5) is 40.1. The van der Waals surface area contributed by atoms with E-state index >= 15 is 0 Å². The van der Waals surface area contributed by atoms with Gasteiger partial charge in [0.1, 0.15) is 5.56 Å². The Balaban J connectivity index is 1.82. The maximum Gasteiger partial charge on any atom is 0.261 e. The monoisotopic (exact) mass is 417 g/mol. The number of Topliss-reactive ketones (excluding diaryl/α,β-unsaturated/α-hetero) is 1. The van der Waals surface area contributed by atoms with Crippen LogP contribution in [0, 0.1) is 5.41 Å². The summed E-state index contributed by atoms with van der Waals surface area (Å²) in [5.74, 6) is -0.745. The quantitative estimate of drug-likeness (QED) is 0.684. The zero-order valence-electron chi connectivity index (χ0n) is 16.5. The van der Waals surface area contributed by atoms with Gasteiger partial charge in [-0.3, -0.25) is 19.1 Å². The van der Waals surface area contributed by atoms with Crippen molar-refractivity contribution >= 4 is 27.4 Å². The molecular weight excluding hydrogens is 394 g/mol. The summed E-state index contributed by atoms with van der Waals surface area (Å²) in [6.45, 7) is 3.92. The van der Waals surface area contributed by atoms with E-state index in [4.69, 9.17) is 0 Å². The molecule has 0 radical (unpaired) electrons. The molecule has 154 valence electrons. The van der Waals surface area contributed by atoms with E-state index in [9.17, 15) is 22.8 Å². The molecule has 0 fully saturated rings. The first-order chi connectivity index (χ1) is 13.5. The summed E-state index contributed by atoms with van der Waals surface area (Å²) in [5, 5.41) is 2.62. The molecule has 1 heterocycles. The minimum Gasteiger partial charge on any atom is -0.348 e. The van der Waals surface area contributed by atoms with E-state index in [1.54, 1.807) is 24.3 Å². The zero-order valence-corrected chi connectivity index (χ0v) is 17.3. The Morgan fingerprint density at radius 1 is 1.17 bits per heavy atom. The van der Waals surface area contributed by atoms with Crippen molar-refractivity contribution in [2.45, 2.75) is 33.2 Å². The van der Waals surface area contributed by atoms with Crippen molar-refractivity contribution in [3.05, 3.63) is 63.1 Å². The number of pyridine rings is 1. The van der Waals surface area contributed by atoms with E-state index in [1.165, 1.54) is 6.07 Å². The predicted octanol–water partition coefficient (Wildman–Crippen LogP) is 1.83. The van der Waals surface area contributed by atoms with Gasteiger partial charge in [-0.2, -0.15) is 0 Å². The van der Waals surface area contributed by atoms with Crippen LogP contribution < -0.4 is 15.6 Å². The number of amides is 1. The average Bonchev–Trinajstić information content (AvgIpc) is 2.57. The van der Waals surface area contributed by atoms with Crippen LogP contribution in [0.4, 0.5) is 5.69 Å². The van der Waals surface area contributed by atoms with Crippen LogP contribution in [0.1, 0.15) is 52.2 Å². The molecule has 3 N–H and O–H groups in total. The molecule has 0 aliphatic heterocycles. The predicted molar refractivity (Wildman–Crippen MR) is 110 cm³/mol. The van der Waals surface area contributed by atoms with Crippen molar-refractivity contribution in [3.63, 3.8) is 0 Å². The number of aromatic nitrogens is 1. The van der Waals surface area contributed by atoms with Crippen LogP contribution in [0.3, 0.4) is 0 Å². The number of aromatic amines is 1. The highest BCUT2D eigenvalue weighted by Gasteiger charge is 2.32. The minimum atomic E-state index is -3.48. The van der Waals surface area contributed by atoms with Crippen molar-refractivity contribution in [1.82, 2.24) is 10.3 Å². The van der Waals surface area contributed by atoms with E-state index < -0.39 is 21.5 Å². The second-order valence-corrected chi connectivity index (χ2v) is 9.81. The van der Waals surface area contributed by atoms with Gasteiger partial charge in [-0.25, -0.2) is 8.42 Å². The number of benzene rings is 1. The Morgan fingerprint density at radius 2 is 1.86 bits per heavy atom. The number of hydrogen-bond acceptors (Lipinski definition) is 5. The Morgan fingerprint density at radius 3 is 2.55 bits per heavy atom. The van der Waals surface area contributed by atoms with Crippen LogP contribution in [-0.4, -0.2) is 31.3 Å². The summed E-state index contributed by atoms with van der Waals surface area (Å²) in [6.07, 6.45) is 1.93. The second kappa shape index (κ2) is 7.47. The third-order valence-electron chi connectivity index (χ3n) is 4.71. The molecule has 2 aromatic rings. The van der Waals surface area contributed by atoms with E-state index in [-0.39, 0.29) is 23.3 Å². The zero-order chi connectivity index (χ0) is 21.4. The maximum atomic E-state index is 12.6.